The summed E-state index contributed by atoms with van der Waals surface area (Å²) in [5, 5.41) is 13.1. The highest BCUT2D eigenvalue weighted by atomic mass is 32.1. The molecule has 0 unspecified atom stereocenters. The number of nitrogens with zero attached hydrogens (tertiary/aromatic N) is 3. The number of rotatable bonds is 7. The van der Waals surface area contributed by atoms with Crippen LogP contribution in [0.1, 0.15) is 40.5 Å². The number of nitrogens with one attached hydrogen (secondary N) is 1. The maximum atomic E-state index is 12.6. The SMILES string of the molecule is Cc1nc([C@@H](C)NC(=O)N(CCCO)Cc2cccnc2)c(C)s1. The van der Waals surface area contributed by atoms with Gasteiger partial charge in [0.1, 0.15) is 0 Å². The maximum absolute atomic E-state index is 12.6. The Morgan fingerprint density at radius 3 is 2.83 bits per heavy atom. The Kier molecular flexibility index (Phi) is 6.69. The second kappa shape index (κ2) is 8.75. The Morgan fingerprint density at radius 2 is 2.25 bits per heavy atom. The van der Waals surface area contributed by atoms with Crippen molar-refractivity contribution in [3.63, 3.8) is 0 Å². The summed E-state index contributed by atoms with van der Waals surface area (Å²) in [5.41, 5.74) is 1.87. The lowest BCUT2D eigenvalue weighted by Crippen LogP contribution is -2.41. The van der Waals surface area contributed by atoms with Gasteiger partial charge in [-0.1, -0.05) is 6.07 Å². The number of aliphatic hydroxyl groups excluding tert-OH is 1. The number of urea groups is 1. The Labute approximate surface area is 146 Å². The van der Waals surface area contributed by atoms with Crippen LogP contribution in [-0.4, -0.2) is 39.2 Å². The van der Waals surface area contributed by atoms with Gasteiger partial charge in [-0.15, -0.1) is 11.3 Å². The summed E-state index contributed by atoms with van der Waals surface area (Å²) in [6.45, 7) is 6.92. The lowest BCUT2D eigenvalue weighted by molar-refractivity contribution is 0.183. The van der Waals surface area contributed by atoms with E-state index in [1.165, 1.54) is 0 Å². The van der Waals surface area contributed by atoms with Crippen molar-refractivity contribution in [2.24, 2.45) is 0 Å². The third-order valence-corrected chi connectivity index (χ3v) is 4.56. The highest BCUT2D eigenvalue weighted by Gasteiger charge is 2.19. The van der Waals surface area contributed by atoms with Crippen LogP contribution in [0.15, 0.2) is 24.5 Å². The fourth-order valence-electron chi connectivity index (χ4n) is 2.52. The molecule has 2 heterocycles. The number of amides is 2. The molecular formula is C17H24N4O2S. The van der Waals surface area contributed by atoms with E-state index < -0.39 is 0 Å². The van der Waals surface area contributed by atoms with Gasteiger partial charge < -0.3 is 15.3 Å². The molecule has 24 heavy (non-hydrogen) atoms. The normalized spacial score (nSPS) is 12.0. The molecule has 1 atom stereocenters. The van der Waals surface area contributed by atoms with Gasteiger partial charge in [-0.25, -0.2) is 9.78 Å². The molecule has 2 aromatic heterocycles. The van der Waals surface area contributed by atoms with Crippen molar-refractivity contribution in [3.05, 3.63) is 45.7 Å². The molecule has 0 saturated carbocycles. The average Bonchev–Trinajstić information content (AvgIpc) is 2.90. The van der Waals surface area contributed by atoms with Crippen molar-refractivity contribution in [2.45, 2.75) is 39.8 Å². The summed E-state index contributed by atoms with van der Waals surface area (Å²) in [6, 6.07) is 3.46. The van der Waals surface area contributed by atoms with Gasteiger partial charge in [-0.3, -0.25) is 4.98 Å². The van der Waals surface area contributed by atoms with Crippen molar-refractivity contribution in [3.8, 4) is 0 Å². The van der Waals surface area contributed by atoms with Crippen LogP contribution in [0.5, 0.6) is 0 Å². The van der Waals surface area contributed by atoms with E-state index in [1.54, 1.807) is 28.6 Å². The van der Waals surface area contributed by atoms with E-state index in [1.807, 2.05) is 32.9 Å². The summed E-state index contributed by atoms with van der Waals surface area (Å²) in [5.74, 6) is 0. The summed E-state index contributed by atoms with van der Waals surface area (Å²) in [7, 11) is 0. The van der Waals surface area contributed by atoms with Gasteiger partial charge in [0.05, 0.1) is 16.7 Å². The van der Waals surface area contributed by atoms with Crippen LogP contribution in [-0.2, 0) is 6.54 Å². The molecule has 130 valence electrons. The molecular weight excluding hydrogens is 324 g/mol. The average molecular weight is 348 g/mol. The molecule has 0 aliphatic rings. The second-order valence-electron chi connectivity index (χ2n) is 5.71. The fraction of sp³-hybridized carbons (Fsp3) is 0.471. The summed E-state index contributed by atoms with van der Waals surface area (Å²) >= 11 is 1.63. The Hall–Kier alpha value is -1.99. The molecule has 0 radical (unpaired) electrons. The molecule has 7 heteroatoms. The number of thiazole rings is 1. The predicted molar refractivity (Wildman–Crippen MR) is 94.9 cm³/mol. The molecule has 0 bridgehead atoms. The van der Waals surface area contributed by atoms with Crippen LogP contribution >= 0.6 is 11.3 Å². The zero-order chi connectivity index (χ0) is 17.5. The smallest absolute Gasteiger partial charge is 0.318 e. The Balaban J connectivity index is 2.05. The molecule has 0 fully saturated rings. The topological polar surface area (TPSA) is 78.4 Å². The quantitative estimate of drug-likeness (QED) is 0.806. The van der Waals surface area contributed by atoms with Crippen molar-refractivity contribution < 1.29 is 9.90 Å². The number of aryl methyl sites for hydroxylation is 2. The molecule has 2 N–H and O–H groups in total. The van der Waals surface area contributed by atoms with Gasteiger partial charge in [0.15, 0.2) is 0 Å². The van der Waals surface area contributed by atoms with Crippen molar-refractivity contribution in [2.75, 3.05) is 13.2 Å². The van der Waals surface area contributed by atoms with Crippen LogP contribution in [0.25, 0.3) is 0 Å². The number of aromatic nitrogens is 2. The predicted octanol–water partition coefficient (Wildman–Crippen LogP) is 2.81. The first-order valence-electron chi connectivity index (χ1n) is 8.00. The minimum Gasteiger partial charge on any atom is -0.396 e. The molecule has 0 aromatic carbocycles. The van der Waals surface area contributed by atoms with E-state index in [4.69, 9.17) is 5.11 Å². The van der Waals surface area contributed by atoms with Gasteiger partial charge in [0.25, 0.3) is 0 Å². The lowest BCUT2D eigenvalue weighted by atomic mass is 10.2. The molecule has 2 rings (SSSR count). The molecule has 0 spiro atoms. The van der Waals surface area contributed by atoms with Crippen LogP contribution in [0.4, 0.5) is 4.79 Å². The van der Waals surface area contributed by atoms with Crippen LogP contribution in [0, 0.1) is 13.8 Å². The van der Waals surface area contributed by atoms with Crippen LogP contribution < -0.4 is 5.32 Å². The van der Waals surface area contributed by atoms with Gasteiger partial charge in [-0.2, -0.15) is 0 Å². The van der Waals surface area contributed by atoms with Crippen LogP contribution in [0.3, 0.4) is 0 Å². The maximum Gasteiger partial charge on any atom is 0.318 e. The summed E-state index contributed by atoms with van der Waals surface area (Å²) in [4.78, 5) is 24.0. The van der Waals surface area contributed by atoms with Gasteiger partial charge in [-0.05, 0) is 38.8 Å². The van der Waals surface area contributed by atoms with E-state index >= 15 is 0 Å². The highest BCUT2D eigenvalue weighted by molar-refractivity contribution is 7.11. The molecule has 0 aliphatic heterocycles. The van der Waals surface area contributed by atoms with E-state index in [2.05, 4.69) is 15.3 Å². The van der Waals surface area contributed by atoms with Crippen molar-refractivity contribution in [1.82, 2.24) is 20.2 Å². The van der Waals surface area contributed by atoms with E-state index in [9.17, 15) is 4.79 Å². The van der Waals surface area contributed by atoms with Crippen LogP contribution in [0.2, 0.25) is 0 Å². The van der Waals surface area contributed by atoms with E-state index in [0.717, 1.165) is 21.1 Å². The number of carbonyl (C=O) groups is 1. The zero-order valence-electron chi connectivity index (χ0n) is 14.3. The molecule has 0 aliphatic carbocycles. The number of pyridine rings is 1. The first kappa shape index (κ1) is 18.4. The summed E-state index contributed by atoms with van der Waals surface area (Å²) < 4.78 is 0. The number of hydrogen-bond donors (Lipinski definition) is 2. The monoisotopic (exact) mass is 348 g/mol. The van der Waals surface area contributed by atoms with Crippen molar-refractivity contribution in [1.29, 1.82) is 0 Å². The third-order valence-electron chi connectivity index (χ3n) is 3.66. The second-order valence-corrected chi connectivity index (χ2v) is 7.11. The van der Waals surface area contributed by atoms with Crippen molar-refractivity contribution >= 4 is 17.4 Å². The number of carbonyl (C=O) groups excluding carboxylic acids is 1. The number of hydrogen-bond acceptors (Lipinski definition) is 5. The minimum atomic E-state index is -0.162. The fourth-order valence-corrected chi connectivity index (χ4v) is 3.43. The zero-order valence-corrected chi connectivity index (χ0v) is 15.1. The molecule has 6 nitrogen and oxygen atoms in total. The lowest BCUT2D eigenvalue weighted by Gasteiger charge is -2.25. The largest absolute Gasteiger partial charge is 0.396 e. The first-order valence-corrected chi connectivity index (χ1v) is 8.82. The first-order chi connectivity index (χ1) is 11.5. The third kappa shape index (κ3) is 5.01. The minimum absolute atomic E-state index is 0.0523. The molecule has 0 saturated heterocycles. The van der Waals surface area contributed by atoms with Gasteiger partial charge in [0.2, 0.25) is 0 Å². The van der Waals surface area contributed by atoms with Gasteiger partial charge in [0, 0.05) is 37.0 Å². The Bertz CT molecular complexity index is 660. The molecule has 2 amide bonds. The van der Waals surface area contributed by atoms with E-state index in [-0.39, 0.29) is 18.7 Å². The van der Waals surface area contributed by atoms with Gasteiger partial charge >= 0.3 is 6.03 Å². The highest BCUT2D eigenvalue weighted by Crippen LogP contribution is 2.22. The number of aliphatic hydroxyl groups is 1. The molecule has 2 aromatic rings. The Morgan fingerprint density at radius 1 is 1.46 bits per heavy atom. The standard InChI is InChI=1S/C17H24N4O2S/c1-12(16-13(2)24-14(3)20-16)19-17(23)21(8-5-9-22)11-15-6-4-7-18-10-15/h4,6-7,10,12,22H,5,8-9,11H2,1-3H3,(H,19,23)/t12-/m1/s1. The summed E-state index contributed by atoms with van der Waals surface area (Å²) in [6.07, 6.45) is 3.99. The van der Waals surface area contributed by atoms with E-state index in [0.29, 0.717) is 19.5 Å².